The van der Waals surface area contributed by atoms with Crippen molar-refractivity contribution in [2.24, 2.45) is 0 Å². The van der Waals surface area contributed by atoms with Crippen molar-refractivity contribution in [2.75, 3.05) is 25.9 Å². The van der Waals surface area contributed by atoms with Crippen molar-refractivity contribution in [1.82, 2.24) is 10.2 Å². The maximum absolute atomic E-state index is 12.0. The molecular weight excluding hydrogens is 214 g/mol. The van der Waals surface area contributed by atoms with E-state index < -0.39 is 0 Å². The van der Waals surface area contributed by atoms with Crippen LogP contribution in [0.3, 0.4) is 0 Å². The van der Waals surface area contributed by atoms with Crippen LogP contribution in [0.15, 0.2) is 24.3 Å². The molecule has 4 nitrogen and oxygen atoms in total. The number of anilines is 1. The lowest BCUT2D eigenvalue weighted by Gasteiger charge is -2.29. The van der Waals surface area contributed by atoms with Gasteiger partial charge in [0, 0.05) is 11.7 Å². The van der Waals surface area contributed by atoms with E-state index in [1.165, 1.54) is 0 Å². The number of nitrogen functional groups attached to an aromatic ring is 1. The van der Waals surface area contributed by atoms with Crippen LogP contribution in [-0.4, -0.2) is 37.0 Å². The van der Waals surface area contributed by atoms with Gasteiger partial charge in [0.2, 0.25) is 0 Å². The van der Waals surface area contributed by atoms with E-state index in [0.717, 1.165) is 25.9 Å². The van der Waals surface area contributed by atoms with Gasteiger partial charge in [-0.15, -0.1) is 0 Å². The minimum absolute atomic E-state index is 0.0577. The summed E-state index contributed by atoms with van der Waals surface area (Å²) in [6.45, 7) is 2.07. The lowest BCUT2D eigenvalue weighted by Crippen LogP contribution is -2.43. The number of carbonyl (C=O) groups is 1. The third-order valence-corrected chi connectivity index (χ3v) is 3.26. The van der Waals surface area contributed by atoms with Crippen LogP contribution in [0.1, 0.15) is 23.2 Å². The Bertz CT molecular complexity index is 397. The molecule has 92 valence electrons. The van der Waals surface area contributed by atoms with Crippen molar-refractivity contribution in [2.45, 2.75) is 18.9 Å². The first kappa shape index (κ1) is 11.9. The summed E-state index contributed by atoms with van der Waals surface area (Å²) in [5.41, 5.74) is 6.89. The minimum atomic E-state index is -0.0577. The summed E-state index contributed by atoms with van der Waals surface area (Å²) >= 11 is 0. The molecule has 1 heterocycles. The highest BCUT2D eigenvalue weighted by atomic mass is 16.1. The molecule has 0 saturated carbocycles. The van der Waals surface area contributed by atoms with Gasteiger partial charge < -0.3 is 16.0 Å². The van der Waals surface area contributed by atoms with Gasteiger partial charge in [-0.2, -0.15) is 0 Å². The normalized spacial score (nSPS) is 17.9. The van der Waals surface area contributed by atoms with Crippen molar-refractivity contribution >= 4 is 11.6 Å². The number of amides is 1. The number of piperidine rings is 1. The van der Waals surface area contributed by atoms with E-state index in [1.54, 1.807) is 12.1 Å². The third-order valence-electron chi connectivity index (χ3n) is 3.26. The van der Waals surface area contributed by atoms with Crippen molar-refractivity contribution in [3.63, 3.8) is 0 Å². The van der Waals surface area contributed by atoms with Crippen LogP contribution in [0, 0.1) is 0 Å². The first-order valence-electron chi connectivity index (χ1n) is 6.00. The van der Waals surface area contributed by atoms with Crippen LogP contribution in [0.5, 0.6) is 0 Å². The third kappa shape index (κ3) is 2.97. The fourth-order valence-corrected chi connectivity index (χ4v) is 2.12. The summed E-state index contributed by atoms with van der Waals surface area (Å²) in [6.07, 6.45) is 2.02. The molecule has 1 aliphatic heterocycles. The molecule has 0 spiro atoms. The molecule has 1 saturated heterocycles. The van der Waals surface area contributed by atoms with E-state index in [0.29, 0.717) is 11.3 Å². The van der Waals surface area contributed by atoms with Gasteiger partial charge in [0.1, 0.15) is 0 Å². The monoisotopic (exact) mass is 233 g/mol. The van der Waals surface area contributed by atoms with E-state index in [-0.39, 0.29) is 11.9 Å². The first-order chi connectivity index (χ1) is 8.16. The Morgan fingerprint density at radius 2 is 2.00 bits per heavy atom. The highest BCUT2D eigenvalue weighted by Crippen LogP contribution is 2.13. The van der Waals surface area contributed by atoms with Crippen molar-refractivity contribution in [3.8, 4) is 0 Å². The van der Waals surface area contributed by atoms with Gasteiger partial charge in [-0.25, -0.2) is 0 Å². The Morgan fingerprint density at radius 1 is 1.35 bits per heavy atom. The van der Waals surface area contributed by atoms with E-state index >= 15 is 0 Å². The Morgan fingerprint density at radius 3 is 2.65 bits per heavy atom. The molecule has 3 N–H and O–H groups in total. The molecule has 0 atom stereocenters. The van der Waals surface area contributed by atoms with Gasteiger partial charge in [-0.05, 0) is 45.1 Å². The Balaban J connectivity index is 1.96. The standard InChI is InChI=1S/C13H19N3O/c1-16-8-6-10(7-9-16)15-13(17)11-4-2-3-5-12(11)14/h2-5,10H,6-9,14H2,1H3,(H,15,17). The number of hydrogen-bond donors (Lipinski definition) is 2. The molecule has 1 fully saturated rings. The van der Waals surface area contributed by atoms with E-state index in [9.17, 15) is 4.79 Å². The van der Waals surface area contributed by atoms with Gasteiger partial charge in [0.05, 0.1) is 5.56 Å². The zero-order valence-electron chi connectivity index (χ0n) is 10.1. The van der Waals surface area contributed by atoms with Crippen LogP contribution in [0.2, 0.25) is 0 Å². The molecular formula is C13H19N3O. The fraction of sp³-hybridized carbons (Fsp3) is 0.462. The van der Waals surface area contributed by atoms with Crippen LogP contribution in [0.4, 0.5) is 5.69 Å². The van der Waals surface area contributed by atoms with Gasteiger partial charge >= 0.3 is 0 Å². The van der Waals surface area contributed by atoms with Crippen molar-refractivity contribution in [3.05, 3.63) is 29.8 Å². The number of nitrogens with one attached hydrogen (secondary N) is 1. The highest BCUT2D eigenvalue weighted by molar-refractivity contribution is 5.99. The Labute approximate surface area is 102 Å². The number of likely N-dealkylation sites (tertiary alicyclic amines) is 1. The zero-order chi connectivity index (χ0) is 12.3. The number of nitrogens with two attached hydrogens (primary N) is 1. The smallest absolute Gasteiger partial charge is 0.253 e. The summed E-state index contributed by atoms with van der Waals surface area (Å²) in [7, 11) is 2.10. The quantitative estimate of drug-likeness (QED) is 0.752. The Kier molecular flexibility index (Phi) is 3.64. The minimum Gasteiger partial charge on any atom is -0.398 e. The molecule has 17 heavy (non-hydrogen) atoms. The van der Waals surface area contributed by atoms with Gasteiger partial charge in [0.15, 0.2) is 0 Å². The SMILES string of the molecule is CN1CCC(NC(=O)c2ccccc2N)CC1. The second-order valence-corrected chi connectivity index (χ2v) is 4.64. The predicted octanol–water partition coefficient (Wildman–Crippen LogP) is 1.09. The van der Waals surface area contributed by atoms with E-state index in [2.05, 4.69) is 17.3 Å². The number of nitrogens with zero attached hydrogens (tertiary/aromatic N) is 1. The molecule has 1 amide bonds. The molecule has 0 radical (unpaired) electrons. The molecule has 2 rings (SSSR count). The van der Waals surface area contributed by atoms with E-state index in [4.69, 9.17) is 5.73 Å². The zero-order valence-corrected chi connectivity index (χ0v) is 10.1. The molecule has 1 aromatic carbocycles. The molecule has 1 aromatic rings. The molecule has 0 unspecified atom stereocenters. The number of carbonyl (C=O) groups excluding carboxylic acids is 1. The second kappa shape index (κ2) is 5.19. The topological polar surface area (TPSA) is 58.4 Å². The second-order valence-electron chi connectivity index (χ2n) is 4.64. The van der Waals surface area contributed by atoms with Crippen LogP contribution in [0.25, 0.3) is 0 Å². The van der Waals surface area contributed by atoms with Crippen LogP contribution in [-0.2, 0) is 0 Å². The first-order valence-corrected chi connectivity index (χ1v) is 6.00. The average Bonchev–Trinajstić information content (AvgIpc) is 2.32. The summed E-state index contributed by atoms with van der Waals surface area (Å²) in [5.74, 6) is -0.0577. The lowest BCUT2D eigenvalue weighted by molar-refractivity contribution is 0.0918. The van der Waals surface area contributed by atoms with Gasteiger partial charge in [-0.3, -0.25) is 4.79 Å². The maximum atomic E-state index is 12.0. The predicted molar refractivity (Wildman–Crippen MR) is 68.8 cm³/mol. The molecule has 0 aliphatic carbocycles. The summed E-state index contributed by atoms with van der Waals surface area (Å²) in [6, 6.07) is 7.46. The van der Waals surface area contributed by atoms with Gasteiger partial charge in [-0.1, -0.05) is 12.1 Å². The van der Waals surface area contributed by atoms with Crippen LogP contribution < -0.4 is 11.1 Å². The molecule has 4 heteroatoms. The number of hydrogen-bond acceptors (Lipinski definition) is 3. The van der Waals surface area contributed by atoms with E-state index in [1.807, 2.05) is 12.1 Å². The summed E-state index contributed by atoms with van der Waals surface area (Å²) in [4.78, 5) is 14.3. The summed E-state index contributed by atoms with van der Waals surface area (Å²) in [5, 5.41) is 3.05. The van der Waals surface area contributed by atoms with Gasteiger partial charge in [0.25, 0.3) is 5.91 Å². The molecule has 0 bridgehead atoms. The summed E-state index contributed by atoms with van der Waals surface area (Å²) < 4.78 is 0. The number of rotatable bonds is 2. The van der Waals surface area contributed by atoms with Crippen LogP contribution >= 0.6 is 0 Å². The molecule has 0 aromatic heterocycles. The van der Waals surface area contributed by atoms with Crippen molar-refractivity contribution < 1.29 is 4.79 Å². The lowest BCUT2D eigenvalue weighted by atomic mass is 10.0. The maximum Gasteiger partial charge on any atom is 0.253 e. The number of benzene rings is 1. The molecule has 1 aliphatic rings. The fourth-order valence-electron chi connectivity index (χ4n) is 2.12. The Hall–Kier alpha value is -1.55. The number of para-hydroxylation sites is 1. The largest absolute Gasteiger partial charge is 0.398 e. The highest BCUT2D eigenvalue weighted by Gasteiger charge is 2.19. The average molecular weight is 233 g/mol. The van der Waals surface area contributed by atoms with Crippen molar-refractivity contribution in [1.29, 1.82) is 0 Å².